The Morgan fingerprint density at radius 2 is 1.83 bits per heavy atom. The number of ether oxygens (including phenoxy) is 3. The highest BCUT2D eigenvalue weighted by Crippen LogP contribution is 2.29. The first kappa shape index (κ1) is 23.6. The van der Waals surface area contributed by atoms with Crippen LogP contribution in [0, 0.1) is 0 Å². The van der Waals surface area contributed by atoms with Gasteiger partial charge in [0.05, 0.1) is 50.1 Å². The summed E-state index contributed by atoms with van der Waals surface area (Å²) in [5, 5.41) is 0. The molecule has 5 heterocycles. The predicted octanol–water partition coefficient (Wildman–Crippen LogP) is 1.41. The third-order valence-corrected chi connectivity index (χ3v) is 6.61. The second-order valence-electron chi connectivity index (χ2n) is 8.88. The molecule has 2 radical (unpaired) electrons. The lowest BCUT2D eigenvalue weighted by molar-refractivity contribution is 0.153. The molecule has 0 bridgehead atoms. The van der Waals surface area contributed by atoms with Crippen molar-refractivity contribution in [3.8, 4) is 17.2 Å². The number of likely N-dealkylation sites (tertiary alicyclic amines) is 1. The summed E-state index contributed by atoms with van der Waals surface area (Å²) < 4.78 is 18.4. The van der Waals surface area contributed by atoms with E-state index in [1.54, 1.807) is 24.1 Å². The molecule has 2 aliphatic heterocycles. The fraction of sp³-hybridized carbons (Fsp3) is 0.500. The number of pyridine rings is 2. The quantitative estimate of drug-likeness (QED) is 0.469. The molecule has 0 aromatic carbocycles. The zero-order valence-electron chi connectivity index (χ0n) is 19.9. The van der Waals surface area contributed by atoms with Gasteiger partial charge in [0.1, 0.15) is 5.75 Å². The molecular weight excluding hydrogens is 447 g/mol. The van der Waals surface area contributed by atoms with Crippen LogP contribution in [0.15, 0.2) is 35.5 Å². The average molecular weight is 476 g/mol. The minimum atomic E-state index is -0.141. The lowest BCUT2D eigenvalue weighted by Gasteiger charge is -2.37. The molecule has 2 aliphatic rings. The van der Waals surface area contributed by atoms with E-state index in [2.05, 4.69) is 19.9 Å². The van der Waals surface area contributed by atoms with E-state index < -0.39 is 0 Å². The minimum Gasteiger partial charge on any atom is -0.495 e. The summed E-state index contributed by atoms with van der Waals surface area (Å²) in [4.78, 5) is 29.7. The third-order valence-electron chi connectivity index (χ3n) is 6.61. The molecule has 1 fully saturated rings. The van der Waals surface area contributed by atoms with Crippen LogP contribution in [-0.4, -0.2) is 83.2 Å². The van der Waals surface area contributed by atoms with Crippen molar-refractivity contribution in [2.45, 2.75) is 38.4 Å². The summed E-state index contributed by atoms with van der Waals surface area (Å²) in [6, 6.07) is 4.00. The van der Waals surface area contributed by atoms with Gasteiger partial charge in [-0.15, -0.1) is 0 Å². The van der Waals surface area contributed by atoms with Gasteiger partial charge in [0, 0.05) is 44.2 Å². The van der Waals surface area contributed by atoms with Crippen LogP contribution in [0.1, 0.15) is 25.0 Å². The first-order valence-corrected chi connectivity index (χ1v) is 12.0. The van der Waals surface area contributed by atoms with Gasteiger partial charge in [0.15, 0.2) is 25.1 Å². The molecule has 0 spiro atoms. The smallest absolute Gasteiger partial charge is 0.269 e. The molecule has 0 unspecified atom stereocenters. The summed E-state index contributed by atoms with van der Waals surface area (Å²) >= 11 is 0. The number of piperidine rings is 1. The largest absolute Gasteiger partial charge is 0.495 e. The lowest BCUT2D eigenvalue weighted by atomic mass is 9.99. The summed E-state index contributed by atoms with van der Waals surface area (Å²) in [5.41, 5.74) is 1.94. The van der Waals surface area contributed by atoms with Gasteiger partial charge in [-0.05, 0) is 25.9 Å². The minimum absolute atomic E-state index is 0.141. The normalized spacial score (nSPS) is 17.0. The van der Waals surface area contributed by atoms with Gasteiger partial charge < -0.3 is 28.5 Å². The van der Waals surface area contributed by atoms with Gasteiger partial charge in [-0.1, -0.05) is 0 Å². The monoisotopic (exact) mass is 476 g/mol. The molecule has 0 N–H and O–H groups in total. The first-order valence-electron chi connectivity index (χ1n) is 12.0. The van der Waals surface area contributed by atoms with Crippen LogP contribution < -0.4 is 19.8 Å². The molecule has 182 valence electrons. The Morgan fingerprint density at radius 3 is 2.63 bits per heavy atom. The van der Waals surface area contributed by atoms with Crippen LogP contribution >= 0.6 is 0 Å². The zero-order chi connectivity index (χ0) is 24.2. The van der Waals surface area contributed by atoms with E-state index in [1.807, 2.05) is 16.9 Å². The Kier molecular flexibility index (Phi) is 7.15. The van der Waals surface area contributed by atoms with Crippen molar-refractivity contribution >= 4 is 19.1 Å². The van der Waals surface area contributed by atoms with Crippen LogP contribution in [0.5, 0.6) is 17.2 Å². The number of rotatable bonds is 7. The van der Waals surface area contributed by atoms with Crippen molar-refractivity contribution in [2.75, 3.05) is 40.0 Å². The van der Waals surface area contributed by atoms with Crippen molar-refractivity contribution < 1.29 is 14.2 Å². The average Bonchev–Trinajstić information content (AvgIpc) is 3.13. The Bertz CT molecular complexity index is 1230. The van der Waals surface area contributed by atoms with Crippen molar-refractivity contribution in [3.05, 3.63) is 46.8 Å². The molecule has 5 rings (SSSR count). The maximum absolute atomic E-state index is 12.5. The Morgan fingerprint density at radius 1 is 1.06 bits per heavy atom. The van der Waals surface area contributed by atoms with E-state index in [-0.39, 0.29) is 11.6 Å². The zero-order valence-corrected chi connectivity index (χ0v) is 19.9. The van der Waals surface area contributed by atoms with Gasteiger partial charge in [0.25, 0.3) is 5.56 Å². The van der Waals surface area contributed by atoms with Crippen LogP contribution in [0.25, 0.3) is 11.2 Å². The summed E-state index contributed by atoms with van der Waals surface area (Å²) in [7, 11) is 8.02. The maximum Gasteiger partial charge on any atom is 0.269 e. The fourth-order valence-electron chi connectivity index (χ4n) is 4.60. The molecule has 0 amide bonds. The second-order valence-corrected chi connectivity index (χ2v) is 8.88. The highest BCUT2D eigenvalue weighted by molar-refractivity contribution is 6.04. The first-order chi connectivity index (χ1) is 17.1. The molecule has 1 saturated heterocycles. The van der Waals surface area contributed by atoms with E-state index in [1.165, 1.54) is 6.20 Å². The highest BCUT2D eigenvalue weighted by atomic mass is 16.5. The van der Waals surface area contributed by atoms with E-state index in [4.69, 9.17) is 22.2 Å². The Labute approximate surface area is 205 Å². The number of hydrogen-bond acceptors (Lipinski definition) is 9. The van der Waals surface area contributed by atoms with Gasteiger partial charge in [-0.3, -0.25) is 9.78 Å². The van der Waals surface area contributed by atoms with Crippen molar-refractivity contribution in [2.24, 2.45) is 0 Å². The molecule has 11 heteroatoms. The molecule has 3 aromatic heterocycles. The van der Waals surface area contributed by atoms with Crippen molar-refractivity contribution in [3.63, 3.8) is 0 Å². The molecule has 10 nitrogen and oxygen atoms in total. The standard InChI is InChI=1S/C24H29BN6O4/c1-33-19-12-20-24(27-13-19)28-15-23(32)30(20)8-7-29-5-3-18(4-6-29)31(25)16-17-11-21-22(14-26-17)35-10-2-9-34-21/h11-15,18H,2-10,16H2,1H3. The van der Waals surface area contributed by atoms with Crippen LogP contribution in [0.4, 0.5) is 0 Å². The fourth-order valence-corrected chi connectivity index (χ4v) is 4.60. The molecule has 0 saturated carbocycles. The number of fused-ring (bicyclic) bond motifs is 2. The van der Waals surface area contributed by atoms with Crippen LogP contribution in [0.3, 0.4) is 0 Å². The SMILES string of the molecule is [B]N(Cc1cc2c(cn1)OCCCO2)C1CCN(CCn2c(=O)cnc3ncc(OC)cc32)CC1. The number of methoxy groups -OCH3 is 1. The Hall–Kier alpha value is -3.18. The molecule has 0 aliphatic carbocycles. The van der Waals surface area contributed by atoms with E-state index in [0.717, 1.165) is 50.3 Å². The van der Waals surface area contributed by atoms with E-state index >= 15 is 0 Å². The maximum atomic E-state index is 12.5. The van der Waals surface area contributed by atoms with Crippen molar-refractivity contribution in [1.82, 2.24) is 29.2 Å². The predicted molar refractivity (Wildman–Crippen MR) is 131 cm³/mol. The number of nitrogens with zero attached hydrogens (tertiary/aromatic N) is 6. The number of hydrogen-bond donors (Lipinski definition) is 0. The topological polar surface area (TPSA) is 94.8 Å². The van der Waals surface area contributed by atoms with Crippen molar-refractivity contribution in [1.29, 1.82) is 0 Å². The molecule has 3 aromatic rings. The highest BCUT2D eigenvalue weighted by Gasteiger charge is 2.23. The van der Waals surface area contributed by atoms with Gasteiger partial charge >= 0.3 is 0 Å². The second kappa shape index (κ2) is 10.6. The van der Waals surface area contributed by atoms with E-state index in [0.29, 0.717) is 49.0 Å². The summed E-state index contributed by atoms with van der Waals surface area (Å²) in [6.07, 6.45) is 7.42. The number of aromatic nitrogens is 4. The molecular formula is C24H29BN6O4. The summed E-state index contributed by atoms with van der Waals surface area (Å²) in [5.74, 6) is 2.03. The van der Waals surface area contributed by atoms with Gasteiger partial charge in [-0.25, -0.2) is 9.97 Å². The van der Waals surface area contributed by atoms with Crippen LogP contribution in [0.2, 0.25) is 0 Å². The van der Waals surface area contributed by atoms with Crippen LogP contribution in [-0.2, 0) is 13.1 Å². The summed E-state index contributed by atoms with van der Waals surface area (Å²) in [6.45, 7) is 4.98. The third kappa shape index (κ3) is 5.41. The van der Waals surface area contributed by atoms with Gasteiger partial charge in [0.2, 0.25) is 0 Å². The van der Waals surface area contributed by atoms with Gasteiger partial charge in [-0.2, -0.15) is 0 Å². The lowest BCUT2D eigenvalue weighted by Crippen LogP contribution is -2.44. The Balaban J connectivity index is 1.16. The van der Waals surface area contributed by atoms with E-state index in [9.17, 15) is 4.79 Å². The molecule has 35 heavy (non-hydrogen) atoms. The molecule has 0 atom stereocenters.